The van der Waals surface area contributed by atoms with Crippen LogP contribution in [-0.4, -0.2) is 12.1 Å². The maximum absolute atomic E-state index is 9.15. The Morgan fingerprint density at radius 1 is 1.35 bits per heavy atom. The first kappa shape index (κ1) is 13.5. The quantitative estimate of drug-likeness (QED) is 0.785. The minimum atomic E-state index is -0.0679. The molecule has 1 rings (SSSR count). The van der Waals surface area contributed by atoms with Gasteiger partial charge in [0.1, 0.15) is 6.07 Å². The van der Waals surface area contributed by atoms with E-state index in [1.54, 1.807) is 7.11 Å². The van der Waals surface area contributed by atoms with Gasteiger partial charge in [-0.3, -0.25) is 0 Å². The first-order valence-corrected chi connectivity index (χ1v) is 5.80. The van der Waals surface area contributed by atoms with Crippen LogP contribution in [0.5, 0.6) is 5.75 Å². The number of hydrogen-bond donors (Lipinski definition) is 0. The van der Waals surface area contributed by atoms with Gasteiger partial charge in [-0.15, -0.1) is 0 Å². The molecule has 0 spiro atoms. The fraction of sp³-hybridized carbons (Fsp3) is 0.571. The SMILES string of the molecule is COc1c(C(C)C)cc(C(C)(C)C)nc1C#N. The maximum atomic E-state index is 9.15. The van der Waals surface area contributed by atoms with Crippen LogP contribution < -0.4 is 4.74 Å². The third kappa shape index (κ3) is 2.76. The Labute approximate surface area is 103 Å². The second-order valence-electron chi connectivity index (χ2n) is 5.50. The van der Waals surface area contributed by atoms with Gasteiger partial charge in [-0.05, 0) is 12.0 Å². The molecule has 0 aliphatic carbocycles. The van der Waals surface area contributed by atoms with Crippen molar-refractivity contribution in [1.29, 1.82) is 5.26 Å². The normalized spacial score (nSPS) is 11.4. The van der Waals surface area contributed by atoms with Crippen LogP contribution in [0.1, 0.15) is 57.5 Å². The van der Waals surface area contributed by atoms with Gasteiger partial charge in [-0.2, -0.15) is 5.26 Å². The summed E-state index contributed by atoms with van der Waals surface area (Å²) in [5.41, 5.74) is 2.28. The van der Waals surface area contributed by atoms with Crippen LogP contribution in [0.2, 0.25) is 0 Å². The van der Waals surface area contributed by atoms with Crippen molar-refractivity contribution in [3.63, 3.8) is 0 Å². The molecule has 1 heterocycles. The van der Waals surface area contributed by atoms with E-state index in [9.17, 15) is 0 Å². The number of methoxy groups -OCH3 is 1. The Morgan fingerprint density at radius 2 is 1.94 bits per heavy atom. The highest BCUT2D eigenvalue weighted by atomic mass is 16.5. The van der Waals surface area contributed by atoms with Crippen molar-refractivity contribution < 1.29 is 4.74 Å². The summed E-state index contributed by atoms with van der Waals surface area (Å²) in [5.74, 6) is 0.914. The zero-order valence-electron chi connectivity index (χ0n) is 11.5. The number of aromatic nitrogens is 1. The molecule has 0 amide bonds. The molecule has 0 bridgehead atoms. The second kappa shape index (κ2) is 4.75. The van der Waals surface area contributed by atoms with Gasteiger partial charge in [-0.25, -0.2) is 4.98 Å². The van der Waals surface area contributed by atoms with E-state index in [1.165, 1.54) is 0 Å². The molecule has 0 saturated carbocycles. The zero-order chi connectivity index (χ0) is 13.2. The number of nitrogens with zero attached hydrogens (tertiary/aromatic N) is 2. The van der Waals surface area contributed by atoms with Crippen molar-refractivity contribution in [2.45, 2.75) is 46.0 Å². The Balaban J connectivity index is 3.53. The molecule has 1 aromatic heterocycles. The Morgan fingerprint density at radius 3 is 2.29 bits per heavy atom. The summed E-state index contributed by atoms with van der Waals surface area (Å²) in [5, 5.41) is 9.15. The Bertz CT molecular complexity index is 451. The van der Waals surface area contributed by atoms with Crippen molar-refractivity contribution >= 4 is 0 Å². The summed E-state index contributed by atoms with van der Waals surface area (Å²) in [6.07, 6.45) is 0. The third-order valence-electron chi connectivity index (χ3n) is 2.70. The van der Waals surface area contributed by atoms with E-state index in [0.29, 0.717) is 17.4 Å². The van der Waals surface area contributed by atoms with E-state index in [2.05, 4.69) is 45.7 Å². The minimum Gasteiger partial charge on any atom is -0.493 e. The second-order valence-corrected chi connectivity index (χ2v) is 5.50. The fourth-order valence-electron chi connectivity index (χ4n) is 1.66. The van der Waals surface area contributed by atoms with Gasteiger partial charge < -0.3 is 4.74 Å². The molecule has 0 aliphatic heterocycles. The largest absolute Gasteiger partial charge is 0.493 e. The molecule has 1 aromatic rings. The molecular formula is C14H20N2O. The van der Waals surface area contributed by atoms with Gasteiger partial charge in [-0.1, -0.05) is 34.6 Å². The highest BCUT2D eigenvalue weighted by Gasteiger charge is 2.22. The summed E-state index contributed by atoms with van der Waals surface area (Å²) < 4.78 is 5.31. The first-order valence-electron chi connectivity index (χ1n) is 5.80. The highest BCUT2D eigenvalue weighted by molar-refractivity contribution is 5.47. The van der Waals surface area contributed by atoms with Gasteiger partial charge in [0.15, 0.2) is 11.4 Å². The molecule has 0 unspecified atom stereocenters. The smallest absolute Gasteiger partial charge is 0.183 e. The zero-order valence-corrected chi connectivity index (χ0v) is 11.5. The molecule has 0 atom stereocenters. The maximum Gasteiger partial charge on any atom is 0.183 e. The third-order valence-corrected chi connectivity index (χ3v) is 2.70. The number of nitriles is 1. The van der Waals surface area contributed by atoms with Crippen molar-refractivity contribution in [3.05, 3.63) is 23.0 Å². The topological polar surface area (TPSA) is 45.9 Å². The molecule has 17 heavy (non-hydrogen) atoms. The molecule has 0 fully saturated rings. The van der Waals surface area contributed by atoms with Gasteiger partial charge in [0.05, 0.1) is 7.11 Å². The van der Waals surface area contributed by atoms with Crippen LogP contribution >= 0.6 is 0 Å². The van der Waals surface area contributed by atoms with E-state index in [4.69, 9.17) is 10.00 Å². The predicted molar refractivity (Wildman–Crippen MR) is 68.3 cm³/mol. The van der Waals surface area contributed by atoms with Crippen LogP contribution in [0.15, 0.2) is 6.07 Å². The van der Waals surface area contributed by atoms with Crippen molar-refractivity contribution in [3.8, 4) is 11.8 Å². The molecule has 92 valence electrons. The average Bonchev–Trinajstić information content (AvgIpc) is 2.25. The lowest BCUT2D eigenvalue weighted by atomic mass is 9.88. The van der Waals surface area contributed by atoms with E-state index < -0.39 is 0 Å². The standard InChI is InChI=1S/C14H20N2O/c1-9(2)10-7-12(14(3,4)5)16-11(8-15)13(10)17-6/h7,9H,1-6H3. The first-order chi connectivity index (χ1) is 7.81. The monoisotopic (exact) mass is 232 g/mol. The average molecular weight is 232 g/mol. The van der Waals surface area contributed by atoms with E-state index in [1.807, 2.05) is 6.07 Å². The van der Waals surface area contributed by atoms with Gasteiger partial charge in [0.25, 0.3) is 0 Å². The highest BCUT2D eigenvalue weighted by Crippen LogP contribution is 2.32. The van der Waals surface area contributed by atoms with Crippen molar-refractivity contribution in [2.75, 3.05) is 7.11 Å². The van der Waals surface area contributed by atoms with E-state index in [0.717, 1.165) is 11.3 Å². The summed E-state index contributed by atoms with van der Waals surface area (Å²) >= 11 is 0. The van der Waals surface area contributed by atoms with E-state index >= 15 is 0 Å². The number of rotatable bonds is 2. The fourth-order valence-corrected chi connectivity index (χ4v) is 1.66. The van der Waals surface area contributed by atoms with Gasteiger partial charge >= 0.3 is 0 Å². The van der Waals surface area contributed by atoms with Crippen LogP contribution in [0.3, 0.4) is 0 Å². The molecule has 3 heteroatoms. The van der Waals surface area contributed by atoms with Gasteiger partial charge in [0.2, 0.25) is 0 Å². The van der Waals surface area contributed by atoms with Crippen molar-refractivity contribution in [2.24, 2.45) is 0 Å². The Kier molecular flexibility index (Phi) is 3.77. The molecule has 0 aromatic carbocycles. The molecule has 3 nitrogen and oxygen atoms in total. The predicted octanol–water partition coefficient (Wildman–Crippen LogP) is 3.38. The van der Waals surface area contributed by atoms with Crippen LogP contribution in [0.4, 0.5) is 0 Å². The van der Waals surface area contributed by atoms with Crippen LogP contribution in [0.25, 0.3) is 0 Å². The number of pyridine rings is 1. The summed E-state index contributed by atoms with van der Waals surface area (Å²) in [4.78, 5) is 4.39. The number of ether oxygens (including phenoxy) is 1. The lowest BCUT2D eigenvalue weighted by molar-refractivity contribution is 0.402. The minimum absolute atomic E-state index is 0.0679. The summed E-state index contributed by atoms with van der Waals surface area (Å²) in [7, 11) is 1.58. The molecular weight excluding hydrogens is 212 g/mol. The molecule has 0 saturated heterocycles. The van der Waals surface area contributed by atoms with E-state index in [-0.39, 0.29) is 5.41 Å². The van der Waals surface area contributed by atoms with Gasteiger partial charge in [0, 0.05) is 16.7 Å². The van der Waals surface area contributed by atoms with Crippen LogP contribution in [-0.2, 0) is 5.41 Å². The lowest BCUT2D eigenvalue weighted by Crippen LogP contribution is -2.16. The lowest BCUT2D eigenvalue weighted by Gasteiger charge is -2.21. The molecule has 0 aliphatic rings. The molecule has 0 N–H and O–H groups in total. The molecule has 0 radical (unpaired) electrons. The Hall–Kier alpha value is -1.56. The number of hydrogen-bond acceptors (Lipinski definition) is 3. The summed E-state index contributed by atoms with van der Waals surface area (Å²) in [6.45, 7) is 10.4. The van der Waals surface area contributed by atoms with Crippen molar-refractivity contribution in [1.82, 2.24) is 4.98 Å². The summed E-state index contributed by atoms with van der Waals surface area (Å²) in [6, 6.07) is 4.16. The van der Waals surface area contributed by atoms with Crippen LogP contribution in [0, 0.1) is 11.3 Å².